The smallest absolute Gasteiger partial charge is 0.318 e. The van der Waals surface area contributed by atoms with Crippen molar-refractivity contribution in [3.8, 4) is 5.75 Å². The Morgan fingerprint density at radius 3 is 2.72 bits per heavy atom. The fraction of sp³-hybridized carbons (Fsp3) is 0.400. The number of carbonyl (C=O) groups is 1. The van der Waals surface area contributed by atoms with Crippen LogP contribution < -0.4 is 20.7 Å². The summed E-state index contributed by atoms with van der Waals surface area (Å²) in [5.74, 6) is 1.57. The Morgan fingerprint density at radius 2 is 1.88 bits per heavy atom. The van der Waals surface area contributed by atoms with Gasteiger partial charge >= 0.3 is 6.03 Å². The van der Waals surface area contributed by atoms with E-state index in [0.29, 0.717) is 5.88 Å². The van der Waals surface area contributed by atoms with E-state index in [2.05, 4.69) is 33.3 Å². The SMILES string of the molecule is NC(=O)Nc1oc2ccccc2c1CCCCN1CCN(c2cccc3c2OCC3)CC1. The van der Waals surface area contributed by atoms with Gasteiger partial charge in [0.15, 0.2) is 0 Å². The minimum atomic E-state index is -0.599. The van der Waals surface area contributed by atoms with Crippen LogP contribution in [0.2, 0.25) is 0 Å². The van der Waals surface area contributed by atoms with E-state index < -0.39 is 6.03 Å². The summed E-state index contributed by atoms with van der Waals surface area (Å²) in [5, 5.41) is 3.68. The van der Waals surface area contributed by atoms with Gasteiger partial charge in [0.2, 0.25) is 5.88 Å². The molecule has 0 radical (unpaired) electrons. The van der Waals surface area contributed by atoms with Crippen molar-refractivity contribution in [2.45, 2.75) is 25.7 Å². The number of furan rings is 1. The highest BCUT2D eigenvalue weighted by atomic mass is 16.5. The number of nitrogens with two attached hydrogens (primary N) is 1. The maximum Gasteiger partial charge on any atom is 0.318 e. The van der Waals surface area contributed by atoms with Crippen LogP contribution in [0.15, 0.2) is 46.9 Å². The number of nitrogens with zero attached hydrogens (tertiary/aromatic N) is 2. The number of anilines is 2. The maximum absolute atomic E-state index is 11.4. The lowest BCUT2D eigenvalue weighted by Crippen LogP contribution is -2.46. The van der Waals surface area contributed by atoms with Crippen LogP contribution in [-0.4, -0.2) is 50.3 Å². The largest absolute Gasteiger partial charge is 0.491 e. The molecule has 168 valence electrons. The van der Waals surface area contributed by atoms with Crippen LogP contribution >= 0.6 is 0 Å². The molecule has 1 fully saturated rings. The fourth-order valence-electron chi connectivity index (χ4n) is 4.86. The molecular formula is C25H30N4O3. The number of aryl methyl sites for hydroxylation is 1. The van der Waals surface area contributed by atoms with E-state index in [9.17, 15) is 4.79 Å². The van der Waals surface area contributed by atoms with Gasteiger partial charge in [0.25, 0.3) is 0 Å². The van der Waals surface area contributed by atoms with Crippen LogP contribution in [0, 0.1) is 0 Å². The van der Waals surface area contributed by atoms with Crippen LogP contribution in [0.5, 0.6) is 5.75 Å². The first-order chi connectivity index (χ1) is 15.7. The second-order valence-corrected chi connectivity index (χ2v) is 8.54. The highest BCUT2D eigenvalue weighted by Crippen LogP contribution is 2.36. The average molecular weight is 435 g/mol. The van der Waals surface area contributed by atoms with Crippen molar-refractivity contribution in [2.24, 2.45) is 5.73 Å². The molecular weight excluding hydrogens is 404 g/mol. The van der Waals surface area contributed by atoms with Gasteiger partial charge in [-0.2, -0.15) is 0 Å². The number of amides is 2. The highest BCUT2D eigenvalue weighted by Gasteiger charge is 2.23. The van der Waals surface area contributed by atoms with Gasteiger partial charge in [0.05, 0.1) is 12.3 Å². The molecule has 0 spiro atoms. The highest BCUT2D eigenvalue weighted by molar-refractivity contribution is 5.93. The second-order valence-electron chi connectivity index (χ2n) is 8.54. The molecule has 0 unspecified atom stereocenters. The Labute approximate surface area is 188 Å². The topological polar surface area (TPSA) is 84.0 Å². The Hall–Kier alpha value is -3.19. The van der Waals surface area contributed by atoms with Crippen molar-refractivity contribution in [1.29, 1.82) is 0 Å². The predicted molar refractivity (Wildman–Crippen MR) is 127 cm³/mol. The first-order valence-corrected chi connectivity index (χ1v) is 11.5. The number of carbonyl (C=O) groups excluding carboxylic acids is 1. The summed E-state index contributed by atoms with van der Waals surface area (Å²) in [7, 11) is 0. The zero-order valence-electron chi connectivity index (χ0n) is 18.3. The monoisotopic (exact) mass is 434 g/mol. The molecule has 0 saturated carbocycles. The third-order valence-electron chi connectivity index (χ3n) is 6.49. The number of urea groups is 1. The molecule has 7 heteroatoms. The van der Waals surface area contributed by atoms with Gasteiger partial charge in [-0.25, -0.2) is 4.79 Å². The summed E-state index contributed by atoms with van der Waals surface area (Å²) in [6.07, 6.45) is 3.99. The van der Waals surface area contributed by atoms with Gasteiger partial charge in [0.1, 0.15) is 11.3 Å². The average Bonchev–Trinajstić information content (AvgIpc) is 3.41. The molecule has 3 N–H and O–H groups in total. The molecule has 3 aromatic rings. The Balaban J connectivity index is 1.13. The molecule has 0 atom stereocenters. The number of benzene rings is 2. The van der Waals surface area contributed by atoms with E-state index in [1.54, 1.807) is 0 Å². The predicted octanol–water partition coefficient (Wildman–Crippen LogP) is 4.00. The van der Waals surface area contributed by atoms with E-state index in [0.717, 1.165) is 87.3 Å². The molecule has 7 nitrogen and oxygen atoms in total. The number of primary amides is 1. The summed E-state index contributed by atoms with van der Waals surface area (Å²) >= 11 is 0. The number of piperazine rings is 1. The number of hydrogen-bond acceptors (Lipinski definition) is 5. The third-order valence-corrected chi connectivity index (χ3v) is 6.49. The number of para-hydroxylation sites is 2. The number of ether oxygens (including phenoxy) is 1. The lowest BCUT2D eigenvalue weighted by molar-refractivity contribution is 0.252. The first kappa shape index (κ1) is 20.7. The molecule has 3 heterocycles. The molecule has 1 saturated heterocycles. The number of rotatable bonds is 7. The van der Waals surface area contributed by atoms with E-state index in [-0.39, 0.29) is 0 Å². The Kier molecular flexibility index (Phi) is 5.90. The molecule has 2 aliphatic heterocycles. The number of hydrogen-bond donors (Lipinski definition) is 2. The lowest BCUT2D eigenvalue weighted by atomic mass is 10.1. The van der Waals surface area contributed by atoms with Gasteiger partial charge in [-0.3, -0.25) is 10.2 Å². The molecule has 32 heavy (non-hydrogen) atoms. The minimum Gasteiger partial charge on any atom is -0.491 e. The van der Waals surface area contributed by atoms with Crippen molar-refractivity contribution >= 4 is 28.6 Å². The summed E-state index contributed by atoms with van der Waals surface area (Å²) < 4.78 is 11.7. The Morgan fingerprint density at radius 1 is 1.03 bits per heavy atom. The van der Waals surface area contributed by atoms with Gasteiger partial charge in [-0.1, -0.05) is 30.3 Å². The van der Waals surface area contributed by atoms with Crippen LogP contribution in [0.3, 0.4) is 0 Å². The van der Waals surface area contributed by atoms with Crippen molar-refractivity contribution in [3.05, 3.63) is 53.6 Å². The number of unbranched alkanes of at least 4 members (excludes halogenated alkanes) is 1. The molecule has 2 aromatic carbocycles. The molecule has 2 amide bonds. The number of nitrogens with one attached hydrogen (secondary N) is 1. The van der Waals surface area contributed by atoms with Crippen molar-refractivity contribution in [1.82, 2.24) is 4.90 Å². The van der Waals surface area contributed by atoms with Crippen molar-refractivity contribution in [2.75, 3.05) is 49.5 Å². The molecule has 5 rings (SSSR count). The van der Waals surface area contributed by atoms with Crippen molar-refractivity contribution < 1.29 is 13.9 Å². The first-order valence-electron chi connectivity index (χ1n) is 11.5. The number of fused-ring (bicyclic) bond motifs is 2. The van der Waals surface area contributed by atoms with Crippen LogP contribution in [0.1, 0.15) is 24.0 Å². The molecule has 1 aromatic heterocycles. The second kappa shape index (κ2) is 9.12. The summed E-state index contributed by atoms with van der Waals surface area (Å²) in [6.45, 7) is 6.05. The van der Waals surface area contributed by atoms with Crippen LogP contribution in [0.25, 0.3) is 11.0 Å². The van der Waals surface area contributed by atoms with Gasteiger partial charge < -0.3 is 19.8 Å². The minimum absolute atomic E-state index is 0.477. The molecule has 2 aliphatic rings. The van der Waals surface area contributed by atoms with E-state index in [4.69, 9.17) is 14.9 Å². The third kappa shape index (κ3) is 4.25. The zero-order valence-corrected chi connectivity index (χ0v) is 18.3. The molecule has 0 bridgehead atoms. The Bertz CT molecular complexity index is 1100. The summed E-state index contributed by atoms with van der Waals surface area (Å²) in [5.41, 5.74) is 9.71. The quantitative estimate of drug-likeness (QED) is 0.549. The van der Waals surface area contributed by atoms with E-state index in [1.807, 2.05) is 24.3 Å². The fourth-order valence-corrected chi connectivity index (χ4v) is 4.86. The van der Waals surface area contributed by atoms with E-state index >= 15 is 0 Å². The normalized spacial score (nSPS) is 16.2. The summed E-state index contributed by atoms with van der Waals surface area (Å²) in [4.78, 5) is 16.4. The van der Waals surface area contributed by atoms with Crippen LogP contribution in [-0.2, 0) is 12.8 Å². The van der Waals surface area contributed by atoms with Gasteiger partial charge in [0, 0.05) is 43.5 Å². The van der Waals surface area contributed by atoms with Crippen molar-refractivity contribution in [3.63, 3.8) is 0 Å². The van der Waals surface area contributed by atoms with Gasteiger partial charge in [-0.05, 0) is 43.5 Å². The lowest BCUT2D eigenvalue weighted by Gasteiger charge is -2.36. The van der Waals surface area contributed by atoms with Crippen LogP contribution in [0.4, 0.5) is 16.4 Å². The summed E-state index contributed by atoms with van der Waals surface area (Å²) in [6, 6.07) is 13.8. The maximum atomic E-state index is 11.4. The molecule has 0 aliphatic carbocycles. The zero-order chi connectivity index (χ0) is 21.9. The van der Waals surface area contributed by atoms with E-state index in [1.165, 1.54) is 11.3 Å². The standard InChI is InChI=1S/C25H30N4O3/c26-25(30)27-24-20(19-7-1-2-10-22(19)32-24)8-3-4-12-28-13-15-29(16-14-28)21-9-5-6-18-11-17-31-23(18)21/h1-2,5-7,9-10H,3-4,8,11-17H2,(H3,26,27,30). The van der Waals surface area contributed by atoms with Gasteiger partial charge in [-0.15, -0.1) is 0 Å².